The van der Waals surface area contributed by atoms with Gasteiger partial charge < -0.3 is 15.5 Å². The van der Waals surface area contributed by atoms with E-state index < -0.39 is 5.67 Å². The molecule has 1 atom stereocenters. The Balaban J connectivity index is 1.20. The number of benzene rings is 1. The Morgan fingerprint density at radius 3 is 2.65 bits per heavy atom. The van der Waals surface area contributed by atoms with Crippen molar-refractivity contribution in [2.24, 2.45) is 5.92 Å². The molecule has 1 saturated heterocycles. The SMILES string of the molecule is CC1(F)CCN(c2ccc(NC(=O)c3n[nH]c4ccc(-c5cncc(NC(=O)C6CC6)c5)cc34)cn2)C1. The molecule has 3 aromatic heterocycles. The standard InChI is InChI=1S/C27H26FN7O2/c1-27(28)8-9-35(15-27)23-7-5-19(14-30-23)31-26(37)24-21-11-17(4-6-22(21)33-34-24)18-10-20(13-29-12-18)32-25(36)16-2-3-16/h4-7,10-14,16H,2-3,8-9,15H2,1H3,(H,31,37)(H,32,36)(H,33,34). The third-order valence-corrected chi connectivity index (χ3v) is 6.82. The van der Waals surface area contributed by atoms with Crippen molar-refractivity contribution in [3.63, 3.8) is 0 Å². The monoisotopic (exact) mass is 499 g/mol. The minimum atomic E-state index is -1.21. The summed E-state index contributed by atoms with van der Waals surface area (Å²) in [5.41, 5.74) is 2.57. The first-order chi connectivity index (χ1) is 17.8. The van der Waals surface area contributed by atoms with Gasteiger partial charge in [0.05, 0.1) is 35.8 Å². The molecule has 0 bridgehead atoms. The fraction of sp³-hybridized carbons (Fsp3) is 0.296. The van der Waals surface area contributed by atoms with E-state index in [0.717, 1.165) is 29.5 Å². The molecule has 1 aromatic carbocycles. The van der Waals surface area contributed by atoms with Gasteiger partial charge in [-0.1, -0.05) is 6.07 Å². The number of amides is 2. The fourth-order valence-corrected chi connectivity index (χ4v) is 4.58. The summed E-state index contributed by atoms with van der Waals surface area (Å²) in [7, 11) is 0. The van der Waals surface area contributed by atoms with Gasteiger partial charge in [-0.15, -0.1) is 0 Å². The highest BCUT2D eigenvalue weighted by Gasteiger charge is 2.34. The van der Waals surface area contributed by atoms with E-state index in [0.29, 0.717) is 42.1 Å². The molecule has 6 rings (SSSR count). The Morgan fingerprint density at radius 2 is 1.92 bits per heavy atom. The molecule has 0 radical (unpaired) electrons. The van der Waals surface area contributed by atoms with E-state index >= 15 is 0 Å². The molecule has 2 aliphatic rings. The minimum absolute atomic E-state index is 0.0204. The number of hydrogen-bond acceptors (Lipinski definition) is 6. The Morgan fingerprint density at radius 1 is 1.05 bits per heavy atom. The van der Waals surface area contributed by atoms with Crippen LogP contribution in [0.5, 0.6) is 0 Å². The van der Waals surface area contributed by atoms with Gasteiger partial charge in [0.1, 0.15) is 11.5 Å². The lowest BCUT2D eigenvalue weighted by molar-refractivity contribution is -0.117. The van der Waals surface area contributed by atoms with Gasteiger partial charge in [0.15, 0.2) is 5.69 Å². The van der Waals surface area contributed by atoms with Crippen LogP contribution in [-0.4, -0.2) is 50.7 Å². The number of pyridine rings is 2. The molecule has 4 heterocycles. The summed E-state index contributed by atoms with van der Waals surface area (Å²) in [5, 5.41) is 13.5. The predicted molar refractivity (Wildman–Crippen MR) is 139 cm³/mol. The number of fused-ring (bicyclic) bond motifs is 1. The Bertz CT molecular complexity index is 1490. The largest absolute Gasteiger partial charge is 0.353 e. The van der Waals surface area contributed by atoms with Crippen molar-refractivity contribution in [1.29, 1.82) is 0 Å². The van der Waals surface area contributed by atoms with Crippen molar-refractivity contribution in [2.45, 2.75) is 31.9 Å². The number of carbonyl (C=O) groups excluding carboxylic acids is 2. The van der Waals surface area contributed by atoms with Crippen LogP contribution in [-0.2, 0) is 4.79 Å². The maximum atomic E-state index is 14.2. The molecule has 37 heavy (non-hydrogen) atoms. The topological polar surface area (TPSA) is 116 Å². The summed E-state index contributed by atoms with van der Waals surface area (Å²) in [6, 6.07) is 11.0. The number of carbonyl (C=O) groups is 2. The van der Waals surface area contributed by atoms with Gasteiger partial charge in [0, 0.05) is 36.0 Å². The number of aromatic amines is 1. The van der Waals surface area contributed by atoms with E-state index in [2.05, 4.69) is 30.8 Å². The second kappa shape index (κ2) is 8.95. The lowest BCUT2D eigenvalue weighted by atomic mass is 10.0. The molecule has 0 spiro atoms. The molecule has 10 heteroatoms. The molecule has 3 N–H and O–H groups in total. The smallest absolute Gasteiger partial charge is 0.276 e. The fourth-order valence-electron chi connectivity index (χ4n) is 4.58. The lowest BCUT2D eigenvalue weighted by Gasteiger charge is -2.18. The lowest BCUT2D eigenvalue weighted by Crippen LogP contribution is -2.26. The summed E-state index contributed by atoms with van der Waals surface area (Å²) in [6.07, 6.45) is 7.23. The maximum Gasteiger partial charge on any atom is 0.276 e. The normalized spacial score (nSPS) is 19.2. The van der Waals surface area contributed by atoms with Crippen LogP contribution in [0.1, 0.15) is 36.7 Å². The van der Waals surface area contributed by atoms with Gasteiger partial charge in [-0.3, -0.25) is 19.7 Å². The highest BCUT2D eigenvalue weighted by Crippen LogP contribution is 2.32. The summed E-state index contributed by atoms with van der Waals surface area (Å²) in [5.74, 6) is 0.425. The number of rotatable bonds is 6. The van der Waals surface area contributed by atoms with Crippen molar-refractivity contribution in [2.75, 3.05) is 28.6 Å². The third kappa shape index (κ3) is 4.87. The van der Waals surface area contributed by atoms with Gasteiger partial charge in [0.2, 0.25) is 5.91 Å². The summed E-state index contributed by atoms with van der Waals surface area (Å²) < 4.78 is 14.2. The van der Waals surface area contributed by atoms with Gasteiger partial charge in [-0.2, -0.15) is 5.10 Å². The van der Waals surface area contributed by atoms with Gasteiger partial charge in [-0.25, -0.2) is 9.37 Å². The first kappa shape index (κ1) is 23.1. The predicted octanol–water partition coefficient (Wildman–Crippen LogP) is 4.56. The zero-order valence-electron chi connectivity index (χ0n) is 20.3. The Hall–Kier alpha value is -4.34. The van der Waals surface area contributed by atoms with Crippen LogP contribution in [0.2, 0.25) is 0 Å². The van der Waals surface area contributed by atoms with E-state index in [9.17, 15) is 14.0 Å². The summed E-state index contributed by atoms with van der Waals surface area (Å²) >= 11 is 0. The van der Waals surface area contributed by atoms with Crippen LogP contribution >= 0.6 is 0 Å². The summed E-state index contributed by atoms with van der Waals surface area (Å²) in [6.45, 7) is 2.51. The molecule has 1 unspecified atom stereocenters. The first-order valence-electron chi connectivity index (χ1n) is 12.3. The molecular weight excluding hydrogens is 473 g/mol. The number of halogens is 1. The molecule has 2 fully saturated rings. The number of alkyl halides is 1. The summed E-state index contributed by atoms with van der Waals surface area (Å²) in [4.78, 5) is 35.8. The zero-order chi connectivity index (χ0) is 25.6. The van der Waals surface area contributed by atoms with Crippen LogP contribution in [0.25, 0.3) is 22.0 Å². The van der Waals surface area contributed by atoms with Gasteiger partial charge in [0.25, 0.3) is 5.91 Å². The Labute approximate surface area is 212 Å². The molecule has 4 aromatic rings. The van der Waals surface area contributed by atoms with Crippen molar-refractivity contribution < 1.29 is 14.0 Å². The number of nitrogens with one attached hydrogen (secondary N) is 3. The quantitative estimate of drug-likeness (QED) is 0.358. The molecular formula is C27H26FN7O2. The van der Waals surface area contributed by atoms with Gasteiger partial charge >= 0.3 is 0 Å². The van der Waals surface area contributed by atoms with E-state index in [1.807, 2.05) is 29.2 Å². The van der Waals surface area contributed by atoms with E-state index in [1.165, 1.54) is 0 Å². The average Bonchev–Trinajstić information content (AvgIpc) is 3.56. The molecule has 1 saturated carbocycles. The van der Waals surface area contributed by atoms with Crippen molar-refractivity contribution in [1.82, 2.24) is 20.2 Å². The Kier molecular flexibility index (Phi) is 5.58. The highest BCUT2D eigenvalue weighted by atomic mass is 19.1. The van der Waals surface area contributed by atoms with Crippen LogP contribution in [0.15, 0.2) is 55.0 Å². The van der Waals surface area contributed by atoms with E-state index in [4.69, 9.17) is 0 Å². The molecule has 2 amide bonds. The second-order valence-electron chi connectivity index (χ2n) is 10.0. The van der Waals surface area contributed by atoms with Crippen LogP contribution in [0, 0.1) is 5.92 Å². The molecule has 188 valence electrons. The van der Waals surface area contributed by atoms with Crippen molar-refractivity contribution >= 4 is 39.9 Å². The van der Waals surface area contributed by atoms with E-state index in [1.54, 1.807) is 37.6 Å². The minimum Gasteiger partial charge on any atom is -0.353 e. The highest BCUT2D eigenvalue weighted by molar-refractivity contribution is 6.11. The third-order valence-electron chi connectivity index (χ3n) is 6.82. The molecule has 1 aliphatic heterocycles. The number of hydrogen-bond donors (Lipinski definition) is 3. The molecule has 9 nitrogen and oxygen atoms in total. The van der Waals surface area contributed by atoms with Crippen molar-refractivity contribution in [3.05, 3.63) is 60.7 Å². The van der Waals surface area contributed by atoms with Crippen LogP contribution in [0.3, 0.4) is 0 Å². The van der Waals surface area contributed by atoms with Crippen LogP contribution in [0.4, 0.5) is 21.6 Å². The number of aromatic nitrogens is 4. The number of anilines is 3. The first-order valence-corrected chi connectivity index (χ1v) is 12.3. The van der Waals surface area contributed by atoms with Crippen molar-refractivity contribution in [3.8, 4) is 11.1 Å². The second-order valence-corrected chi connectivity index (χ2v) is 10.0. The zero-order valence-corrected chi connectivity index (χ0v) is 20.3. The van der Waals surface area contributed by atoms with Gasteiger partial charge in [-0.05, 0) is 55.7 Å². The number of nitrogens with zero attached hydrogens (tertiary/aromatic N) is 4. The number of H-pyrrole nitrogens is 1. The average molecular weight is 500 g/mol. The van der Waals surface area contributed by atoms with Crippen LogP contribution < -0.4 is 15.5 Å². The maximum absolute atomic E-state index is 14.2. The molecule has 1 aliphatic carbocycles. The van der Waals surface area contributed by atoms with E-state index in [-0.39, 0.29) is 23.4 Å².